The number of piperidine rings is 1. The molecule has 1 spiro atoms. The molecule has 1 N–H and O–H groups in total. The molecular formula is C19H23N3O2. The number of rotatable bonds is 0. The molecule has 1 aromatic carbocycles. The second kappa shape index (κ2) is 5.07. The van der Waals surface area contributed by atoms with Gasteiger partial charge in [0.1, 0.15) is 11.3 Å². The number of benzene rings is 1. The molecule has 2 saturated heterocycles. The Labute approximate surface area is 141 Å². The predicted octanol–water partition coefficient (Wildman–Crippen LogP) is 1.93. The molecule has 126 valence electrons. The van der Waals surface area contributed by atoms with Gasteiger partial charge >= 0.3 is 0 Å². The van der Waals surface area contributed by atoms with Crippen LogP contribution < -0.4 is 5.32 Å². The zero-order chi connectivity index (χ0) is 16.3. The summed E-state index contributed by atoms with van der Waals surface area (Å²) in [6.45, 7) is 3.46. The first-order valence-corrected chi connectivity index (χ1v) is 8.90. The van der Waals surface area contributed by atoms with Crippen molar-refractivity contribution in [2.45, 2.75) is 30.8 Å². The highest BCUT2D eigenvalue weighted by Crippen LogP contribution is 2.45. The van der Waals surface area contributed by atoms with E-state index >= 15 is 0 Å². The van der Waals surface area contributed by atoms with E-state index < -0.39 is 0 Å². The van der Waals surface area contributed by atoms with Gasteiger partial charge in [-0.05, 0) is 25.3 Å². The largest absolute Gasteiger partial charge is 0.459 e. The van der Waals surface area contributed by atoms with Crippen molar-refractivity contribution in [3.8, 4) is 0 Å². The third kappa shape index (κ3) is 1.91. The molecule has 4 heterocycles. The highest BCUT2D eigenvalue weighted by molar-refractivity contribution is 5.83. The van der Waals surface area contributed by atoms with Crippen LogP contribution in [0.5, 0.6) is 0 Å². The normalized spacial score (nSPS) is 30.6. The van der Waals surface area contributed by atoms with Gasteiger partial charge < -0.3 is 14.6 Å². The molecule has 2 unspecified atom stereocenters. The monoisotopic (exact) mass is 325 g/mol. The zero-order valence-corrected chi connectivity index (χ0v) is 14.0. The second-order valence-electron chi connectivity index (χ2n) is 7.48. The number of likely N-dealkylation sites (N-methyl/N-ethyl adjacent to an activating group) is 1. The van der Waals surface area contributed by atoms with Gasteiger partial charge in [0.05, 0.1) is 18.1 Å². The van der Waals surface area contributed by atoms with E-state index in [9.17, 15) is 4.79 Å². The van der Waals surface area contributed by atoms with Crippen LogP contribution in [0, 0.1) is 0 Å². The number of para-hydroxylation sites is 1. The van der Waals surface area contributed by atoms with Crippen LogP contribution in [-0.2, 0) is 11.2 Å². The van der Waals surface area contributed by atoms with Crippen molar-refractivity contribution in [1.82, 2.24) is 15.1 Å². The molecule has 3 aliphatic rings. The summed E-state index contributed by atoms with van der Waals surface area (Å²) in [5.74, 6) is 1.34. The minimum absolute atomic E-state index is 0.0793. The van der Waals surface area contributed by atoms with Gasteiger partial charge in [0.2, 0.25) is 5.91 Å². The van der Waals surface area contributed by atoms with Crippen molar-refractivity contribution in [3.63, 3.8) is 0 Å². The van der Waals surface area contributed by atoms with Gasteiger partial charge in [0.25, 0.3) is 0 Å². The SMILES string of the molecule is CN1C(=O)CNCC12CCN1CCc3c(oc4ccccc34)C1C2. The number of nitrogens with one attached hydrogen (secondary N) is 1. The summed E-state index contributed by atoms with van der Waals surface area (Å²) in [5, 5.41) is 4.59. The fourth-order valence-corrected chi connectivity index (χ4v) is 4.89. The van der Waals surface area contributed by atoms with Crippen LogP contribution in [0.1, 0.15) is 30.2 Å². The summed E-state index contributed by atoms with van der Waals surface area (Å²) < 4.78 is 6.29. The van der Waals surface area contributed by atoms with E-state index in [0.717, 1.165) is 50.2 Å². The van der Waals surface area contributed by atoms with Crippen molar-refractivity contribution < 1.29 is 9.21 Å². The van der Waals surface area contributed by atoms with E-state index in [1.807, 2.05) is 18.0 Å². The lowest BCUT2D eigenvalue weighted by Crippen LogP contribution is -2.66. The Hall–Kier alpha value is -1.85. The average molecular weight is 325 g/mol. The number of fused-ring (bicyclic) bond motifs is 5. The van der Waals surface area contributed by atoms with Crippen LogP contribution in [0.2, 0.25) is 0 Å². The fraction of sp³-hybridized carbons (Fsp3) is 0.526. The van der Waals surface area contributed by atoms with Crippen LogP contribution >= 0.6 is 0 Å². The van der Waals surface area contributed by atoms with Gasteiger partial charge in [-0.25, -0.2) is 0 Å². The molecule has 1 aromatic heterocycles. The Morgan fingerprint density at radius 1 is 1.29 bits per heavy atom. The lowest BCUT2D eigenvalue weighted by atomic mass is 9.77. The van der Waals surface area contributed by atoms with Crippen LogP contribution in [-0.4, -0.2) is 54.5 Å². The zero-order valence-electron chi connectivity index (χ0n) is 14.0. The Bertz CT molecular complexity index is 814. The van der Waals surface area contributed by atoms with Crippen LogP contribution in [0.15, 0.2) is 28.7 Å². The Balaban J connectivity index is 1.57. The van der Waals surface area contributed by atoms with E-state index in [4.69, 9.17) is 4.42 Å². The standard InChI is InChI=1S/C19H23N3O2/c1-21-17(23)11-20-12-19(21)7-9-22-8-6-14-13-4-2-3-5-16(13)24-18(14)15(22)10-19/h2-5,15,20H,6-12H2,1H3. The molecule has 0 saturated carbocycles. The van der Waals surface area contributed by atoms with Crippen molar-refractivity contribution in [3.05, 3.63) is 35.6 Å². The third-order valence-electron chi connectivity index (χ3n) is 6.38. The van der Waals surface area contributed by atoms with Gasteiger partial charge in [-0.1, -0.05) is 18.2 Å². The van der Waals surface area contributed by atoms with Gasteiger partial charge in [0.15, 0.2) is 0 Å². The first-order chi connectivity index (χ1) is 11.7. The molecule has 0 aliphatic carbocycles. The summed E-state index contributed by atoms with van der Waals surface area (Å²) in [4.78, 5) is 16.8. The summed E-state index contributed by atoms with van der Waals surface area (Å²) in [6, 6.07) is 8.64. The van der Waals surface area contributed by atoms with Crippen molar-refractivity contribution >= 4 is 16.9 Å². The first kappa shape index (κ1) is 14.5. The average Bonchev–Trinajstić information content (AvgIpc) is 2.99. The van der Waals surface area contributed by atoms with Gasteiger partial charge in [0, 0.05) is 37.6 Å². The second-order valence-corrected chi connectivity index (χ2v) is 7.48. The van der Waals surface area contributed by atoms with Crippen LogP contribution in [0.4, 0.5) is 0 Å². The van der Waals surface area contributed by atoms with Crippen molar-refractivity contribution in [1.29, 1.82) is 0 Å². The van der Waals surface area contributed by atoms with E-state index in [-0.39, 0.29) is 17.5 Å². The van der Waals surface area contributed by atoms with E-state index in [0.29, 0.717) is 6.54 Å². The molecule has 2 atom stereocenters. The van der Waals surface area contributed by atoms with E-state index in [1.165, 1.54) is 10.9 Å². The minimum atomic E-state index is -0.0793. The first-order valence-electron chi connectivity index (χ1n) is 8.90. The number of piperazine rings is 1. The highest BCUT2D eigenvalue weighted by Gasteiger charge is 2.48. The molecule has 5 nitrogen and oxygen atoms in total. The van der Waals surface area contributed by atoms with Crippen LogP contribution in [0.25, 0.3) is 11.0 Å². The molecule has 5 rings (SSSR count). The summed E-state index contributed by atoms with van der Waals surface area (Å²) in [7, 11) is 1.97. The maximum Gasteiger partial charge on any atom is 0.236 e. The maximum absolute atomic E-state index is 12.2. The number of carbonyl (C=O) groups excluding carboxylic acids is 1. The van der Waals surface area contributed by atoms with Gasteiger partial charge in [-0.15, -0.1) is 0 Å². The number of hydrogen-bond acceptors (Lipinski definition) is 4. The lowest BCUT2D eigenvalue weighted by Gasteiger charge is -2.53. The maximum atomic E-state index is 12.2. The Morgan fingerprint density at radius 2 is 2.17 bits per heavy atom. The summed E-state index contributed by atoms with van der Waals surface area (Å²) >= 11 is 0. The topological polar surface area (TPSA) is 48.7 Å². The number of hydrogen-bond donors (Lipinski definition) is 1. The molecule has 5 heteroatoms. The molecule has 3 aliphatic heterocycles. The van der Waals surface area contributed by atoms with Crippen molar-refractivity contribution in [2.24, 2.45) is 0 Å². The van der Waals surface area contributed by atoms with Gasteiger partial charge in [-0.3, -0.25) is 9.69 Å². The van der Waals surface area contributed by atoms with E-state index in [2.05, 4.69) is 28.4 Å². The molecule has 24 heavy (non-hydrogen) atoms. The summed E-state index contributed by atoms with van der Waals surface area (Å²) in [5.41, 5.74) is 2.29. The van der Waals surface area contributed by atoms with Crippen molar-refractivity contribution in [2.75, 3.05) is 33.2 Å². The molecular weight excluding hydrogens is 302 g/mol. The van der Waals surface area contributed by atoms with Crippen LogP contribution in [0.3, 0.4) is 0 Å². The number of furan rings is 1. The fourth-order valence-electron chi connectivity index (χ4n) is 4.89. The summed E-state index contributed by atoms with van der Waals surface area (Å²) in [6.07, 6.45) is 3.05. The molecule has 0 bridgehead atoms. The number of carbonyl (C=O) groups is 1. The highest BCUT2D eigenvalue weighted by atomic mass is 16.3. The number of amides is 1. The quantitative estimate of drug-likeness (QED) is 0.804. The molecule has 1 amide bonds. The molecule has 2 fully saturated rings. The Morgan fingerprint density at radius 3 is 3.08 bits per heavy atom. The Kier molecular flexibility index (Phi) is 3.06. The third-order valence-corrected chi connectivity index (χ3v) is 6.38. The molecule has 0 radical (unpaired) electrons. The minimum Gasteiger partial charge on any atom is -0.459 e. The predicted molar refractivity (Wildman–Crippen MR) is 91.8 cm³/mol. The number of nitrogens with zero attached hydrogens (tertiary/aromatic N) is 2. The lowest BCUT2D eigenvalue weighted by molar-refractivity contribution is -0.142. The smallest absolute Gasteiger partial charge is 0.236 e. The molecule has 2 aromatic rings. The van der Waals surface area contributed by atoms with Gasteiger partial charge in [-0.2, -0.15) is 0 Å². The van der Waals surface area contributed by atoms with E-state index in [1.54, 1.807) is 0 Å².